The van der Waals surface area contributed by atoms with E-state index in [-0.39, 0.29) is 5.91 Å². The van der Waals surface area contributed by atoms with Crippen LogP contribution in [-0.4, -0.2) is 48.8 Å². The molecule has 1 atom stereocenters. The predicted octanol–water partition coefficient (Wildman–Crippen LogP) is 3.53. The molecule has 1 fully saturated rings. The number of benzene rings is 1. The van der Waals surface area contributed by atoms with E-state index in [1.165, 1.54) is 0 Å². The fourth-order valence-electron chi connectivity index (χ4n) is 2.69. The van der Waals surface area contributed by atoms with E-state index >= 15 is 0 Å². The van der Waals surface area contributed by atoms with E-state index in [0.717, 1.165) is 19.6 Å². The smallest absolute Gasteiger partial charge is 0.412 e. The maximum absolute atomic E-state index is 12.7. The normalized spacial score (nSPS) is 17.2. The Kier molecular flexibility index (Phi) is 6.42. The highest BCUT2D eigenvalue weighted by Crippen LogP contribution is 2.17. The van der Waals surface area contributed by atoms with Gasteiger partial charge in [0.05, 0.1) is 6.61 Å². The number of ether oxygens (including phenoxy) is 2. The van der Waals surface area contributed by atoms with Crippen LogP contribution in [0.5, 0.6) is 0 Å². The molecule has 1 aliphatic rings. The molecule has 0 radical (unpaired) electrons. The first-order valence-electron chi connectivity index (χ1n) is 8.75. The summed E-state index contributed by atoms with van der Waals surface area (Å²) in [5, 5.41) is 2.66. The highest BCUT2D eigenvalue weighted by Gasteiger charge is 2.22. The van der Waals surface area contributed by atoms with Crippen molar-refractivity contribution in [2.75, 3.05) is 31.6 Å². The Hall–Kier alpha value is -2.08. The zero-order valence-corrected chi connectivity index (χ0v) is 15.5. The van der Waals surface area contributed by atoms with E-state index in [1.807, 2.05) is 32.6 Å². The summed E-state index contributed by atoms with van der Waals surface area (Å²) in [6.45, 7) is 10.3. The number of nitrogens with zero attached hydrogens (tertiary/aromatic N) is 1. The molecule has 6 heteroatoms. The van der Waals surface area contributed by atoms with Crippen molar-refractivity contribution in [1.82, 2.24) is 4.90 Å². The Morgan fingerprint density at radius 2 is 1.96 bits per heavy atom. The van der Waals surface area contributed by atoms with Crippen molar-refractivity contribution in [2.24, 2.45) is 5.92 Å². The SMILES string of the molecule is CCN(CC1CCOC1)C(=O)c1ccc(NC(=O)OC(C)(C)C)cc1. The van der Waals surface area contributed by atoms with Crippen molar-refractivity contribution in [2.45, 2.75) is 39.7 Å². The minimum Gasteiger partial charge on any atom is -0.444 e. The molecule has 1 unspecified atom stereocenters. The maximum Gasteiger partial charge on any atom is 0.412 e. The van der Waals surface area contributed by atoms with Crippen LogP contribution in [0.25, 0.3) is 0 Å². The standard InChI is InChI=1S/C19H28N2O4/c1-5-21(12-14-10-11-24-13-14)17(22)15-6-8-16(9-7-15)20-18(23)25-19(2,3)4/h6-9,14H,5,10-13H2,1-4H3,(H,20,23). The molecule has 1 aromatic carbocycles. The van der Waals surface area contributed by atoms with Crippen LogP contribution in [-0.2, 0) is 9.47 Å². The number of hydrogen-bond acceptors (Lipinski definition) is 4. The monoisotopic (exact) mass is 348 g/mol. The second kappa shape index (κ2) is 8.34. The molecule has 2 amide bonds. The van der Waals surface area contributed by atoms with Crippen LogP contribution < -0.4 is 5.32 Å². The van der Waals surface area contributed by atoms with Crippen LogP contribution in [0.3, 0.4) is 0 Å². The summed E-state index contributed by atoms with van der Waals surface area (Å²) in [5.41, 5.74) is 0.652. The molecule has 1 saturated heterocycles. The van der Waals surface area contributed by atoms with Crippen molar-refractivity contribution in [3.63, 3.8) is 0 Å². The van der Waals surface area contributed by atoms with E-state index in [1.54, 1.807) is 24.3 Å². The molecule has 6 nitrogen and oxygen atoms in total. The zero-order valence-electron chi connectivity index (χ0n) is 15.5. The summed E-state index contributed by atoms with van der Waals surface area (Å²) in [6, 6.07) is 6.87. The van der Waals surface area contributed by atoms with Crippen LogP contribution in [0.15, 0.2) is 24.3 Å². The number of carbonyl (C=O) groups is 2. The first-order chi connectivity index (χ1) is 11.8. The van der Waals surface area contributed by atoms with E-state index < -0.39 is 11.7 Å². The zero-order chi connectivity index (χ0) is 18.4. The van der Waals surface area contributed by atoms with Crippen LogP contribution in [0.1, 0.15) is 44.5 Å². The Bertz CT molecular complexity index is 586. The van der Waals surface area contributed by atoms with Crippen molar-refractivity contribution < 1.29 is 19.1 Å². The second-order valence-electron chi connectivity index (χ2n) is 7.28. The van der Waals surface area contributed by atoms with Gasteiger partial charge in [-0.15, -0.1) is 0 Å². The summed E-state index contributed by atoms with van der Waals surface area (Å²) in [5.74, 6) is 0.412. The summed E-state index contributed by atoms with van der Waals surface area (Å²) >= 11 is 0. The Morgan fingerprint density at radius 1 is 1.28 bits per heavy atom. The maximum atomic E-state index is 12.7. The van der Waals surface area contributed by atoms with Crippen molar-refractivity contribution in [1.29, 1.82) is 0 Å². The summed E-state index contributed by atoms with van der Waals surface area (Å²) in [6.07, 6.45) is 0.491. The summed E-state index contributed by atoms with van der Waals surface area (Å²) < 4.78 is 10.6. The van der Waals surface area contributed by atoms with Crippen molar-refractivity contribution >= 4 is 17.7 Å². The van der Waals surface area contributed by atoms with Crippen LogP contribution >= 0.6 is 0 Å². The number of carbonyl (C=O) groups excluding carboxylic acids is 2. The molecular weight excluding hydrogens is 320 g/mol. The minimum absolute atomic E-state index is 0.00165. The summed E-state index contributed by atoms with van der Waals surface area (Å²) in [7, 11) is 0. The predicted molar refractivity (Wildman–Crippen MR) is 96.8 cm³/mol. The number of hydrogen-bond donors (Lipinski definition) is 1. The van der Waals surface area contributed by atoms with Crippen LogP contribution in [0.4, 0.5) is 10.5 Å². The molecule has 0 saturated carbocycles. The third-order valence-corrected chi connectivity index (χ3v) is 3.95. The lowest BCUT2D eigenvalue weighted by molar-refractivity contribution is 0.0635. The van der Waals surface area contributed by atoms with Gasteiger partial charge in [-0.2, -0.15) is 0 Å². The average Bonchev–Trinajstić information content (AvgIpc) is 3.04. The molecule has 1 heterocycles. The van der Waals surface area contributed by atoms with Gasteiger partial charge in [-0.1, -0.05) is 0 Å². The molecule has 1 aromatic rings. The molecule has 138 valence electrons. The molecular formula is C19H28N2O4. The molecule has 0 aliphatic carbocycles. The number of nitrogens with one attached hydrogen (secondary N) is 1. The van der Waals surface area contributed by atoms with Gasteiger partial charge in [0.15, 0.2) is 0 Å². The number of amides is 2. The third kappa shape index (κ3) is 6.05. The molecule has 0 aromatic heterocycles. The highest BCUT2D eigenvalue weighted by molar-refractivity contribution is 5.95. The highest BCUT2D eigenvalue weighted by atomic mass is 16.6. The van der Waals surface area contributed by atoms with Gasteiger partial charge in [0.1, 0.15) is 5.60 Å². The fraction of sp³-hybridized carbons (Fsp3) is 0.579. The first-order valence-corrected chi connectivity index (χ1v) is 8.75. The van der Waals surface area contributed by atoms with E-state index in [0.29, 0.717) is 30.3 Å². The fourth-order valence-corrected chi connectivity index (χ4v) is 2.69. The quantitative estimate of drug-likeness (QED) is 0.884. The van der Waals surface area contributed by atoms with Crippen LogP contribution in [0, 0.1) is 5.92 Å². The largest absolute Gasteiger partial charge is 0.444 e. The molecule has 0 bridgehead atoms. The van der Waals surface area contributed by atoms with Gasteiger partial charge < -0.3 is 14.4 Å². The molecule has 0 spiro atoms. The van der Waals surface area contributed by atoms with Gasteiger partial charge in [-0.25, -0.2) is 4.79 Å². The molecule has 1 N–H and O–H groups in total. The lowest BCUT2D eigenvalue weighted by Crippen LogP contribution is -2.35. The average molecular weight is 348 g/mol. The van der Waals surface area contributed by atoms with Crippen molar-refractivity contribution in [3.8, 4) is 0 Å². The lowest BCUT2D eigenvalue weighted by Gasteiger charge is -2.24. The number of anilines is 1. The van der Waals surface area contributed by atoms with Crippen LogP contribution in [0.2, 0.25) is 0 Å². The second-order valence-corrected chi connectivity index (χ2v) is 7.28. The van der Waals surface area contributed by atoms with Gasteiger partial charge in [-0.05, 0) is 58.4 Å². The van der Waals surface area contributed by atoms with E-state index in [9.17, 15) is 9.59 Å². The van der Waals surface area contributed by atoms with E-state index in [2.05, 4.69) is 5.32 Å². The molecule has 2 rings (SSSR count). The Balaban J connectivity index is 1.95. The summed E-state index contributed by atoms with van der Waals surface area (Å²) in [4.78, 5) is 26.3. The molecule has 25 heavy (non-hydrogen) atoms. The van der Waals surface area contributed by atoms with Crippen molar-refractivity contribution in [3.05, 3.63) is 29.8 Å². The van der Waals surface area contributed by atoms with Gasteiger partial charge in [0.25, 0.3) is 5.91 Å². The Labute approximate surface area is 149 Å². The van der Waals surface area contributed by atoms with Gasteiger partial charge in [0, 0.05) is 36.9 Å². The van der Waals surface area contributed by atoms with Gasteiger partial charge in [-0.3, -0.25) is 10.1 Å². The topological polar surface area (TPSA) is 67.9 Å². The van der Waals surface area contributed by atoms with Gasteiger partial charge in [0.2, 0.25) is 0 Å². The van der Waals surface area contributed by atoms with Gasteiger partial charge >= 0.3 is 6.09 Å². The van der Waals surface area contributed by atoms with E-state index in [4.69, 9.17) is 9.47 Å². The third-order valence-electron chi connectivity index (χ3n) is 3.95. The lowest BCUT2D eigenvalue weighted by atomic mass is 10.1. The number of rotatable bonds is 5. The first kappa shape index (κ1) is 19.2. The Morgan fingerprint density at radius 3 is 2.48 bits per heavy atom. The molecule has 1 aliphatic heterocycles. The minimum atomic E-state index is -0.550.